The first-order valence-electron chi connectivity index (χ1n) is 6.91. The van der Waals surface area contributed by atoms with Gasteiger partial charge in [-0.25, -0.2) is 0 Å². The molecule has 2 aliphatic rings. The number of rotatable bonds is 1. The number of benzene rings is 1. The minimum Gasteiger partial charge on any atom is -0.381 e. The second-order valence-corrected chi connectivity index (χ2v) is 5.62. The van der Waals surface area contributed by atoms with Crippen molar-refractivity contribution in [2.45, 2.75) is 45.1 Å². The van der Waals surface area contributed by atoms with Crippen LogP contribution in [0.5, 0.6) is 0 Å². The molecule has 2 nitrogen and oxygen atoms in total. The Kier molecular flexibility index (Phi) is 2.73. The highest BCUT2D eigenvalue weighted by Gasteiger charge is 2.30. The number of nitrogens with one attached hydrogen (secondary N) is 1. The van der Waals surface area contributed by atoms with Gasteiger partial charge in [0.1, 0.15) is 0 Å². The number of anilines is 2. The first-order chi connectivity index (χ1) is 8.27. The zero-order chi connectivity index (χ0) is 11.8. The van der Waals surface area contributed by atoms with Crippen LogP contribution in [0.2, 0.25) is 0 Å². The van der Waals surface area contributed by atoms with Crippen LogP contribution in [0.1, 0.15) is 44.6 Å². The van der Waals surface area contributed by atoms with Crippen LogP contribution in [0.25, 0.3) is 0 Å². The molecule has 0 aliphatic carbocycles. The highest BCUT2D eigenvalue weighted by Crippen LogP contribution is 2.40. The van der Waals surface area contributed by atoms with Gasteiger partial charge in [-0.1, -0.05) is 26.0 Å². The van der Waals surface area contributed by atoms with Crippen molar-refractivity contribution in [1.82, 2.24) is 0 Å². The maximum absolute atomic E-state index is 3.62. The van der Waals surface area contributed by atoms with Crippen molar-refractivity contribution < 1.29 is 0 Å². The van der Waals surface area contributed by atoms with Crippen LogP contribution >= 0.6 is 0 Å². The number of nitrogens with zero attached hydrogens (tertiary/aromatic N) is 1. The van der Waals surface area contributed by atoms with E-state index < -0.39 is 0 Å². The third kappa shape index (κ3) is 1.80. The highest BCUT2D eigenvalue weighted by atomic mass is 15.2. The van der Waals surface area contributed by atoms with E-state index in [1.165, 1.54) is 42.7 Å². The van der Waals surface area contributed by atoms with Crippen molar-refractivity contribution in [3.8, 4) is 0 Å². The zero-order valence-electron chi connectivity index (χ0n) is 10.9. The van der Waals surface area contributed by atoms with Crippen LogP contribution in [0.15, 0.2) is 18.2 Å². The molecule has 1 unspecified atom stereocenters. The third-order valence-corrected chi connectivity index (χ3v) is 4.13. The van der Waals surface area contributed by atoms with Crippen molar-refractivity contribution in [1.29, 1.82) is 0 Å². The Morgan fingerprint density at radius 3 is 3.00 bits per heavy atom. The molecule has 3 rings (SSSR count). The molecule has 0 bridgehead atoms. The Bertz CT molecular complexity index is 411. The van der Waals surface area contributed by atoms with Crippen molar-refractivity contribution in [3.05, 3.63) is 23.8 Å². The van der Waals surface area contributed by atoms with Crippen molar-refractivity contribution in [2.24, 2.45) is 0 Å². The quantitative estimate of drug-likeness (QED) is 0.793. The van der Waals surface area contributed by atoms with E-state index in [0.29, 0.717) is 5.92 Å². The van der Waals surface area contributed by atoms with Gasteiger partial charge in [0, 0.05) is 19.1 Å². The summed E-state index contributed by atoms with van der Waals surface area (Å²) < 4.78 is 0. The average molecular weight is 230 g/mol. The standard InChI is InChI=1S/C15H22N2/c1-11(2)13-7-5-8-14-15(13)17-9-4-3-6-12(17)10-16-14/h5,7-8,11-12,16H,3-4,6,9-10H2,1-2H3. The Balaban J connectivity index is 2.06. The van der Waals surface area contributed by atoms with E-state index in [9.17, 15) is 0 Å². The van der Waals surface area contributed by atoms with Crippen LogP contribution in [-0.4, -0.2) is 19.1 Å². The molecule has 1 atom stereocenters. The average Bonchev–Trinajstić information content (AvgIpc) is 2.37. The molecule has 1 saturated heterocycles. The summed E-state index contributed by atoms with van der Waals surface area (Å²) in [6.45, 7) is 6.95. The lowest BCUT2D eigenvalue weighted by atomic mass is 9.92. The molecule has 1 N–H and O–H groups in total. The molecule has 1 fully saturated rings. The fraction of sp³-hybridized carbons (Fsp3) is 0.600. The van der Waals surface area contributed by atoms with Crippen molar-refractivity contribution in [2.75, 3.05) is 23.3 Å². The Morgan fingerprint density at radius 1 is 1.29 bits per heavy atom. The van der Waals surface area contributed by atoms with Gasteiger partial charge in [-0.3, -0.25) is 0 Å². The lowest BCUT2D eigenvalue weighted by Crippen LogP contribution is -2.47. The molecule has 0 spiro atoms. The van der Waals surface area contributed by atoms with Crippen LogP contribution < -0.4 is 10.2 Å². The molecule has 2 aliphatic heterocycles. The molecule has 2 heteroatoms. The molecule has 2 heterocycles. The van der Waals surface area contributed by atoms with E-state index in [1.54, 1.807) is 0 Å². The van der Waals surface area contributed by atoms with Crippen molar-refractivity contribution >= 4 is 11.4 Å². The van der Waals surface area contributed by atoms with Gasteiger partial charge in [-0.15, -0.1) is 0 Å². The molecule has 0 radical (unpaired) electrons. The number of hydrogen-bond acceptors (Lipinski definition) is 2. The summed E-state index contributed by atoms with van der Waals surface area (Å²) in [7, 11) is 0. The summed E-state index contributed by atoms with van der Waals surface area (Å²) in [6.07, 6.45) is 4.09. The predicted octanol–water partition coefficient (Wildman–Crippen LogP) is 3.59. The van der Waals surface area contributed by atoms with E-state index in [2.05, 4.69) is 42.3 Å². The second-order valence-electron chi connectivity index (χ2n) is 5.62. The molecule has 1 aromatic carbocycles. The fourth-order valence-electron chi connectivity index (χ4n) is 3.23. The van der Waals surface area contributed by atoms with Gasteiger partial charge in [-0.05, 0) is 36.8 Å². The molecular weight excluding hydrogens is 208 g/mol. The van der Waals surface area contributed by atoms with Gasteiger partial charge in [0.25, 0.3) is 0 Å². The lowest BCUT2D eigenvalue weighted by molar-refractivity contribution is 0.464. The van der Waals surface area contributed by atoms with Crippen LogP contribution in [0.3, 0.4) is 0 Å². The van der Waals surface area contributed by atoms with E-state index in [1.807, 2.05) is 0 Å². The molecule has 17 heavy (non-hydrogen) atoms. The maximum Gasteiger partial charge on any atom is 0.0640 e. The van der Waals surface area contributed by atoms with Gasteiger partial charge < -0.3 is 10.2 Å². The van der Waals surface area contributed by atoms with Gasteiger partial charge in [0.15, 0.2) is 0 Å². The summed E-state index contributed by atoms with van der Waals surface area (Å²) in [4.78, 5) is 2.66. The van der Waals surface area contributed by atoms with Crippen molar-refractivity contribution in [3.63, 3.8) is 0 Å². The number of piperidine rings is 1. The van der Waals surface area contributed by atoms with Gasteiger partial charge in [-0.2, -0.15) is 0 Å². The Labute approximate surface area is 104 Å². The number of para-hydroxylation sites is 1. The van der Waals surface area contributed by atoms with Crippen LogP contribution in [-0.2, 0) is 0 Å². The van der Waals surface area contributed by atoms with E-state index in [4.69, 9.17) is 0 Å². The fourth-order valence-corrected chi connectivity index (χ4v) is 3.23. The summed E-state index contributed by atoms with van der Waals surface area (Å²) in [5, 5.41) is 3.62. The summed E-state index contributed by atoms with van der Waals surface area (Å²) in [5.41, 5.74) is 4.33. The normalized spacial score (nSPS) is 23.0. The van der Waals surface area contributed by atoms with E-state index in [0.717, 1.165) is 12.6 Å². The van der Waals surface area contributed by atoms with Gasteiger partial charge in [0.2, 0.25) is 0 Å². The molecule has 0 aromatic heterocycles. The second kappa shape index (κ2) is 4.25. The third-order valence-electron chi connectivity index (χ3n) is 4.13. The Hall–Kier alpha value is -1.18. The molecule has 92 valence electrons. The highest BCUT2D eigenvalue weighted by molar-refractivity contribution is 5.77. The zero-order valence-corrected chi connectivity index (χ0v) is 10.9. The largest absolute Gasteiger partial charge is 0.381 e. The molecule has 0 saturated carbocycles. The first kappa shape index (κ1) is 10.9. The smallest absolute Gasteiger partial charge is 0.0640 e. The van der Waals surface area contributed by atoms with E-state index >= 15 is 0 Å². The summed E-state index contributed by atoms with van der Waals surface area (Å²) in [5.74, 6) is 0.604. The Morgan fingerprint density at radius 2 is 2.18 bits per heavy atom. The summed E-state index contributed by atoms with van der Waals surface area (Å²) >= 11 is 0. The minimum absolute atomic E-state index is 0.604. The number of fused-ring (bicyclic) bond motifs is 3. The van der Waals surface area contributed by atoms with Crippen LogP contribution in [0, 0.1) is 0 Å². The monoisotopic (exact) mass is 230 g/mol. The molecular formula is C15H22N2. The predicted molar refractivity (Wildman–Crippen MR) is 74.0 cm³/mol. The topological polar surface area (TPSA) is 15.3 Å². The van der Waals surface area contributed by atoms with Crippen LogP contribution in [0.4, 0.5) is 11.4 Å². The SMILES string of the molecule is CC(C)c1cccc2c1N1CCCCC1CN2. The minimum atomic E-state index is 0.604. The molecule has 0 amide bonds. The lowest BCUT2D eigenvalue weighted by Gasteiger charge is -2.44. The number of hydrogen-bond donors (Lipinski definition) is 1. The molecule has 1 aromatic rings. The van der Waals surface area contributed by atoms with Gasteiger partial charge >= 0.3 is 0 Å². The summed E-state index contributed by atoms with van der Waals surface area (Å²) in [6, 6.07) is 7.43. The maximum atomic E-state index is 3.62. The first-order valence-corrected chi connectivity index (χ1v) is 6.91. The van der Waals surface area contributed by atoms with Gasteiger partial charge in [0.05, 0.1) is 11.4 Å². The van der Waals surface area contributed by atoms with E-state index in [-0.39, 0.29) is 0 Å².